The number of aliphatic imine (C=N–C) groups is 1. The quantitative estimate of drug-likeness (QED) is 0.864. The van der Waals surface area contributed by atoms with Crippen molar-refractivity contribution in [2.24, 2.45) is 10.7 Å². The van der Waals surface area contributed by atoms with Crippen LogP contribution < -0.4 is 5.73 Å². The Kier molecular flexibility index (Phi) is 4.38. The molecule has 2 N–H and O–H groups in total. The van der Waals surface area contributed by atoms with Gasteiger partial charge in [0, 0.05) is 24.0 Å². The third kappa shape index (κ3) is 3.16. The Hall–Kier alpha value is -2.33. The molecule has 0 saturated carbocycles. The van der Waals surface area contributed by atoms with Crippen molar-refractivity contribution in [1.29, 1.82) is 0 Å². The summed E-state index contributed by atoms with van der Waals surface area (Å²) < 4.78 is 0. The van der Waals surface area contributed by atoms with Gasteiger partial charge in [0.05, 0.1) is 5.69 Å². The van der Waals surface area contributed by atoms with Crippen molar-refractivity contribution in [3.63, 3.8) is 0 Å². The molecule has 0 aliphatic heterocycles. The summed E-state index contributed by atoms with van der Waals surface area (Å²) in [4.78, 5) is 12.9. The lowest BCUT2D eigenvalue weighted by Crippen LogP contribution is -1.99. The van der Waals surface area contributed by atoms with Crippen LogP contribution in [0.25, 0.3) is 11.3 Å². The molecule has 2 aromatic rings. The minimum Gasteiger partial charge on any atom is -0.326 e. The molecule has 1 aromatic carbocycles. The van der Waals surface area contributed by atoms with Gasteiger partial charge in [-0.3, -0.25) is 0 Å². The van der Waals surface area contributed by atoms with E-state index in [-0.39, 0.29) is 0 Å². The van der Waals surface area contributed by atoms with Gasteiger partial charge in [-0.15, -0.1) is 0 Å². The number of allylic oxidation sites excluding steroid dienone is 1. The summed E-state index contributed by atoms with van der Waals surface area (Å²) in [5.41, 5.74) is 10.7. The first-order valence-electron chi connectivity index (χ1n) is 6.45. The highest BCUT2D eigenvalue weighted by Gasteiger charge is 2.04. The summed E-state index contributed by atoms with van der Waals surface area (Å²) in [6.07, 6.45) is 3.39. The summed E-state index contributed by atoms with van der Waals surface area (Å²) in [5.74, 6) is 0.445. The molecule has 0 bridgehead atoms. The Labute approximate surface area is 119 Å². The maximum absolute atomic E-state index is 5.68. The van der Waals surface area contributed by atoms with Gasteiger partial charge in [-0.2, -0.15) is 0 Å². The molecule has 0 atom stereocenters. The van der Waals surface area contributed by atoms with Crippen molar-refractivity contribution in [2.45, 2.75) is 20.4 Å². The fourth-order valence-corrected chi connectivity index (χ4v) is 1.85. The topological polar surface area (TPSA) is 64.2 Å². The van der Waals surface area contributed by atoms with Crippen LogP contribution in [-0.2, 0) is 6.54 Å². The number of nitrogens with zero attached hydrogens (tertiary/aromatic N) is 3. The Morgan fingerprint density at radius 2 is 2.20 bits per heavy atom. The highest BCUT2D eigenvalue weighted by Crippen LogP contribution is 2.21. The summed E-state index contributed by atoms with van der Waals surface area (Å²) in [5, 5.41) is 0. The molecule has 0 saturated heterocycles. The lowest BCUT2D eigenvalue weighted by Gasteiger charge is -2.06. The van der Waals surface area contributed by atoms with Crippen molar-refractivity contribution in [2.75, 3.05) is 0 Å². The van der Waals surface area contributed by atoms with E-state index in [4.69, 9.17) is 5.73 Å². The van der Waals surface area contributed by atoms with Crippen LogP contribution in [0.15, 0.2) is 48.1 Å². The van der Waals surface area contributed by atoms with Crippen LogP contribution in [0.1, 0.15) is 18.1 Å². The summed E-state index contributed by atoms with van der Waals surface area (Å²) in [7, 11) is 0. The van der Waals surface area contributed by atoms with Crippen molar-refractivity contribution in [3.8, 4) is 11.3 Å². The van der Waals surface area contributed by atoms with Crippen LogP contribution in [-0.4, -0.2) is 15.7 Å². The highest BCUT2D eigenvalue weighted by molar-refractivity contribution is 5.93. The second-order valence-corrected chi connectivity index (χ2v) is 4.54. The largest absolute Gasteiger partial charge is 0.326 e. The normalized spacial score (nSPS) is 11.4. The first-order chi connectivity index (χ1) is 9.63. The fraction of sp³-hybridized carbons (Fsp3) is 0.188. The average molecular weight is 266 g/mol. The van der Waals surface area contributed by atoms with Gasteiger partial charge >= 0.3 is 0 Å². The predicted molar refractivity (Wildman–Crippen MR) is 83.1 cm³/mol. The van der Waals surface area contributed by atoms with Gasteiger partial charge in [0.2, 0.25) is 5.95 Å². The molecular weight excluding hydrogens is 248 g/mol. The molecule has 102 valence electrons. The Morgan fingerprint density at radius 3 is 2.85 bits per heavy atom. The molecule has 0 fully saturated rings. The molecule has 0 unspecified atom stereocenters. The highest BCUT2D eigenvalue weighted by atomic mass is 15.0. The number of nitrogens with two attached hydrogens (primary N) is 1. The van der Waals surface area contributed by atoms with E-state index in [0.29, 0.717) is 12.5 Å². The minimum atomic E-state index is 0.445. The molecule has 0 radical (unpaired) electrons. The molecule has 1 aromatic heterocycles. The summed E-state index contributed by atoms with van der Waals surface area (Å²) in [6, 6.07) is 8.01. The SMILES string of the molecule is C=CC(C)=Nc1nccc(-c2ccc(CN)c(C)c2)n1. The van der Waals surface area contributed by atoms with Gasteiger partial charge in [0.1, 0.15) is 0 Å². The molecule has 0 aliphatic carbocycles. The molecule has 2 rings (SSSR count). The minimum absolute atomic E-state index is 0.445. The van der Waals surface area contributed by atoms with E-state index in [2.05, 4.69) is 27.6 Å². The molecule has 20 heavy (non-hydrogen) atoms. The van der Waals surface area contributed by atoms with Crippen LogP contribution in [0.2, 0.25) is 0 Å². The third-order valence-electron chi connectivity index (χ3n) is 3.07. The Bertz CT molecular complexity index is 659. The van der Waals surface area contributed by atoms with Crippen LogP contribution >= 0.6 is 0 Å². The summed E-state index contributed by atoms with van der Waals surface area (Å²) in [6.45, 7) is 8.13. The van der Waals surface area contributed by atoms with E-state index in [1.807, 2.05) is 32.0 Å². The Balaban J connectivity index is 2.41. The number of rotatable bonds is 4. The number of aromatic nitrogens is 2. The van der Waals surface area contributed by atoms with Gasteiger partial charge in [0.25, 0.3) is 0 Å². The lowest BCUT2D eigenvalue weighted by molar-refractivity contribution is 1.05. The Morgan fingerprint density at radius 1 is 1.40 bits per heavy atom. The average Bonchev–Trinajstić information content (AvgIpc) is 2.47. The molecule has 4 heteroatoms. The van der Waals surface area contributed by atoms with Crippen LogP contribution in [0, 0.1) is 6.92 Å². The van der Waals surface area contributed by atoms with E-state index >= 15 is 0 Å². The van der Waals surface area contributed by atoms with E-state index in [9.17, 15) is 0 Å². The fourth-order valence-electron chi connectivity index (χ4n) is 1.85. The van der Waals surface area contributed by atoms with Crippen molar-refractivity contribution in [1.82, 2.24) is 9.97 Å². The zero-order valence-electron chi connectivity index (χ0n) is 11.8. The first kappa shape index (κ1) is 14.1. The van der Waals surface area contributed by atoms with Crippen LogP contribution in [0.4, 0.5) is 5.95 Å². The van der Waals surface area contributed by atoms with E-state index < -0.39 is 0 Å². The smallest absolute Gasteiger partial charge is 0.250 e. The standard InChI is InChI=1S/C16H18N4/c1-4-12(3)19-16-18-8-7-15(20-16)13-5-6-14(10-17)11(2)9-13/h4-9H,1,10,17H2,2-3H3. The molecule has 1 heterocycles. The molecule has 0 spiro atoms. The number of aryl methyl sites for hydroxylation is 1. The number of hydrogen-bond acceptors (Lipinski definition) is 4. The van der Waals surface area contributed by atoms with Gasteiger partial charge in [-0.25, -0.2) is 15.0 Å². The second kappa shape index (κ2) is 6.21. The van der Waals surface area contributed by atoms with Gasteiger partial charge in [-0.1, -0.05) is 18.7 Å². The molecule has 4 nitrogen and oxygen atoms in total. The van der Waals surface area contributed by atoms with Crippen LogP contribution in [0.3, 0.4) is 0 Å². The molecular formula is C16H18N4. The summed E-state index contributed by atoms with van der Waals surface area (Å²) >= 11 is 0. The van der Waals surface area contributed by atoms with Crippen molar-refractivity contribution >= 4 is 11.7 Å². The maximum Gasteiger partial charge on any atom is 0.250 e. The monoisotopic (exact) mass is 266 g/mol. The van der Waals surface area contributed by atoms with E-state index in [1.165, 1.54) is 0 Å². The van der Waals surface area contributed by atoms with E-state index in [0.717, 1.165) is 28.1 Å². The van der Waals surface area contributed by atoms with Gasteiger partial charge in [0.15, 0.2) is 0 Å². The van der Waals surface area contributed by atoms with Crippen molar-refractivity contribution in [3.05, 3.63) is 54.2 Å². The predicted octanol–water partition coefficient (Wildman–Crippen LogP) is 3.19. The third-order valence-corrected chi connectivity index (χ3v) is 3.07. The second-order valence-electron chi connectivity index (χ2n) is 4.54. The molecule has 0 aliphatic rings. The molecule has 0 amide bonds. The van der Waals surface area contributed by atoms with Crippen molar-refractivity contribution < 1.29 is 0 Å². The maximum atomic E-state index is 5.68. The lowest BCUT2D eigenvalue weighted by atomic mass is 10.0. The zero-order chi connectivity index (χ0) is 14.5. The number of benzene rings is 1. The number of hydrogen-bond donors (Lipinski definition) is 1. The van der Waals surface area contributed by atoms with Gasteiger partial charge in [-0.05, 0) is 43.2 Å². The van der Waals surface area contributed by atoms with Crippen LogP contribution in [0.5, 0.6) is 0 Å². The van der Waals surface area contributed by atoms with E-state index in [1.54, 1.807) is 12.3 Å². The zero-order valence-corrected chi connectivity index (χ0v) is 11.8. The first-order valence-corrected chi connectivity index (χ1v) is 6.45. The van der Waals surface area contributed by atoms with Gasteiger partial charge < -0.3 is 5.73 Å².